The number of carbonyl (C=O) groups is 2. The van der Waals surface area contributed by atoms with Gasteiger partial charge >= 0.3 is 0 Å². The second kappa shape index (κ2) is 17.2. The molecule has 0 spiro atoms. The molecule has 1 unspecified atom stereocenters. The molecule has 0 radical (unpaired) electrons. The van der Waals surface area contributed by atoms with Gasteiger partial charge in [-0.05, 0) is 98.7 Å². The number of carbonyl (C=O) groups excluding carboxylic acids is 2. The topological polar surface area (TPSA) is 59.1 Å². The summed E-state index contributed by atoms with van der Waals surface area (Å²) < 4.78 is 1.35. The lowest BCUT2D eigenvalue weighted by atomic mass is 9.67. The fourth-order valence-corrected chi connectivity index (χ4v) is 10.7. The maximum absolute atomic E-state index is 14.3. The van der Waals surface area contributed by atoms with Crippen LogP contribution in [0.4, 0.5) is 5.69 Å². The Balaban J connectivity index is 1.33. The van der Waals surface area contributed by atoms with Crippen LogP contribution in [-0.4, -0.2) is 16.0 Å². The van der Waals surface area contributed by atoms with Gasteiger partial charge in [0.2, 0.25) is 5.91 Å². The Labute approximate surface area is 299 Å². The van der Waals surface area contributed by atoms with Crippen LogP contribution >= 0.6 is 23.1 Å². The van der Waals surface area contributed by atoms with Gasteiger partial charge in [-0.15, -0.1) is 11.3 Å². The highest BCUT2D eigenvalue weighted by atomic mass is 32.2. The molecular weight excluding hydrogens is 629 g/mol. The molecule has 262 valence electrons. The highest BCUT2D eigenvalue weighted by Crippen LogP contribution is 2.48. The zero-order chi connectivity index (χ0) is 34.1. The van der Waals surface area contributed by atoms with Crippen molar-refractivity contribution >= 4 is 50.0 Å². The molecule has 4 nitrogen and oxygen atoms in total. The van der Waals surface area contributed by atoms with Crippen LogP contribution in [0.2, 0.25) is 0 Å². The van der Waals surface area contributed by atoms with Crippen molar-refractivity contribution in [1.29, 1.82) is 0 Å². The van der Waals surface area contributed by atoms with E-state index >= 15 is 0 Å². The Hall–Kier alpha value is -2.18. The Morgan fingerprint density at radius 2 is 1.50 bits per heavy atom. The van der Waals surface area contributed by atoms with Crippen LogP contribution in [0, 0.1) is 23.2 Å². The molecule has 2 fully saturated rings. The van der Waals surface area contributed by atoms with Crippen molar-refractivity contribution in [1.82, 2.24) is 4.98 Å². The molecule has 1 aromatic heterocycles. The normalized spacial score (nSPS) is 18.3. The lowest BCUT2D eigenvalue weighted by molar-refractivity contribution is -0.128. The highest BCUT2D eigenvalue weighted by molar-refractivity contribution is 8.13. The van der Waals surface area contributed by atoms with Crippen LogP contribution < -0.4 is 5.32 Å². The number of hydrogen-bond acceptors (Lipinski definition) is 5. The van der Waals surface area contributed by atoms with Gasteiger partial charge in [-0.2, -0.15) is 0 Å². The van der Waals surface area contributed by atoms with Crippen molar-refractivity contribution < 1.29 is 9.59 Å². The fourth-order valence-electron chi connectivity index (χ4n) is 8.55. The quantitative estimate of drug-likeness (QED) is 0.161. The summed E-state index contributed by atoms with van der Waals surface area (Å²) in [6.45, 7) is 10.9. The Bertz CT molecular complexity index is 1490. The van der Waals surface area contributed by atoms with Gasteiger partial charge in [0, 0.05) is 21.6 Å². The number of hydrogen-bond donors (Lipinski definition) is 1. The zero-order valence-corrected chi connectivity index (χ0v) is 32.0. The SMILES string of the molecule is CCC(CCc1cccc2sc(C3(CC(CC)CC)CCCCC3)nc12)CC1(C(=O)Nc2ccccc2SC(=O)C(C)C)CCCCC1. The summed E-state index contributed by atoms with van der Waals surface area (Å²) in [5, 5.41) is 4.85. The van der Waals surface area contributed by atoms with Gasteiger partial charge in [0.05, 0.1) is 15.9 Å². The number of para-hydroxylation sites is 2. The predicted octanol–water partition coefficient (Wildman–Crippen LogP) is 12.5. The van der Waals surface area contributed by atoms with Gasteiger partial charge in [-0.25, -0.2) is 4.98 Å². The molecule has 6 heteroatoms. The third kappa shape index (κ3) is 8.75. The van der Waals surface area contributed by atoms with E-state index in [0.717, 1.165) is 67.9 Å². The molecule has 1 N–H and O–H groups in total. The number of fused-ring (bicyclic) bond motifs is 1. The first-order valence-electron chi connectivity index (χ1n) is 19.2. The van der Waals surface area contributed by atoms with E-state index in [4.69, 9.17) is 4.98 Å². The van der Waals surface area contributed by atoms with Gasteiger partial charge in [0.25, 0.3) is 0 Å². The maximum atomic E-state index is 14.3. The van der Waals surface area contributed by atoms with Crippen molar-refractivity contribution in [3.05, 3.63) is 53.0 Å². The molecule has 3 aromatic rings. The molecule has 1 atom stereocenters. The molecule has 48 heavy (non-hydrogen) atoms. The molecule has 1 amide bonds. The van der Waals surface area contributed by atoms with E-state index in [1.165, 1.54) is 90.3 Å². The van der Waals surface area contributed by atoms with E-state index < -0.39 is 0 Å². The lowest BCUT2D eigenvalue weighted by Crippen LogP contribution is -2.40. The number of amides is 1. The van der Waals surface area contributed by atoms with E-state index in [1.807, 2.05) is 49.4 Å². The number of aryl methyl sites for hydroxylation is 1. The smallest absolute Gasteiger partial charge is 0.230 e. The second-order valence-electron chi connectivity index (χ2n) is 15.4. The standard InChI is InChI=1S/C42H60N2O2S2/c1-6-31(7-2)28-42(26-15-10-16-27-42)40-44-37-33(18-17-21-36(37)48-40)23-22-32(8-3)29-41(24-13-9-14-25-41)39(46)43-34-19-11-12-20-35(34)47-38(45)30(4)5/h11-12,17-21,30-32H,6-10,13-16,22-29H2,1-5H3,(H,43,46). The number of nitrogens with one attached hydrogen (secondary N) is 1. The third-order valence-corrected chi connectivity index (χ3v) is 14.3. The summed E-state index contributed by atoms with van der Waals surface area (Å²) in [6, 6.07) is 14.6. The molecular formula is C42H60N2O2S2. The molecule has 1 heterocycles. The Morgan fingerprint density at radius 1 is 0.833 bits per heavy atom. The maximum Gasteiger partial charge on any atom is 0.230 e. The lowest BCUT2D eigenvalue weighted by Gasteiger charge is -2.38. The van der Waals surface area contributed by atoms with E-state index in [2.05, 4.69) is 44.3 Å². The summed E-state index contributed by atoms with van der Waals surface area (Å²) in [5.74, 6) is 1.33. The third-order valence-electron chi connectivity index (χ3n) is 11.8. The van der Waals surface area contributed by atoms with Crippen molar-refractivity contribution in [3.8, 4) is 0 Å². The highest BCUT2D eigenvalue weighted by Gasteiger charge is 2.41. The molecule has 0 bridgehead atoms. The number of thioether (sulfide) groups is 1. The number of anilines is 1. The van der Waals surface area contributed by atoms with Crippen LogP contribution in [0.3, 0.4) is 0 Å². The molecule has 2 aliphatic carbocycles. The van der Waals surface area contributed by atoms with Crippen LogP contribution in [-0.2, 0) is 21.4 Å². The van der Waals surface area contributed by atoms with Gasteiger partial charge in [-0.3, -0.25) is 9.59 Å². The largest absolute Gasteiger partial charge is 0.325 e. The average molecular weight is 689 g/mol. The van der Waals surface area contributed by atoms with Crippen LogP contribution in [0.5, 0.6) is 0 Å². The van der Waals surface area contributed by atoms with Gasteiger partial charge < -0.3 is 5.32 Å². The summed E-state index contributed by atoms with van der Waals surface area (Å²) >= 11 is 3.22. The molecule has 2 aromatic carbocycles. The van der Waals surface area contributed by atoms with Gasteiger partial charge in [0.1, 0.15) is 5.01 Å². The number of thiazole rings is 1. The average Bonchev–Trinajstić information content (AvgIpc) is 3.57. The number of rotatable bonds is 15. The van der Waals surface area contributed by atoms with Gasteiger partial charge in [0.15, 0.2) is 5.12 Å². The Kier molecular flexibility index (Phi) is 13.3. The summed E-state index contributed by atoms with van der Waals surface area (Å²) in [5.41, 5.74) is 3.27. The first-order chi connectivity index (χ1) is 23.2. The van der Waals surface area contributed by atoms with Crippen molar-refractivity contribution in [2.45, 2.75) is 154 Å². The molecule has 5 rings (SSSR count). The molecule has 2 saturated carbocycles. The van der Waals surface area contributed by atoms with E-state index in [9.17, 15) is 9.59 Å². The fraction of sp³-hybridized carbons (Fsp3) is 0.643. The van der Waals surface area contributed by atoms with Crippen LogP contribution in [0.15, 0.2) is 47.4 Å². The summed E-state index contributed by atoms with van der Waals surface area (Å²) in [4.78, 5) is 33.2. The minimum atomic E-state index is -0.360. The summed E-state index contributed by atoms with van der Waals surface area (Å²) in [7, 11) is 0. The van der Waals surface area contributed by atoms with Crippen LogP contribution in [0.1, 0.15) is 148 Å². The van der Waals surface area contributed by atoms with Gasteiger partial charge in [-0.1, -0.05) is 117 Å². The number of benzene rings is 2. The Morgan fingerprint density at radius 3 is 2.17 bits per heavy atom. The van der Waals surface area contributed by atoms with E-state index in [1.54, 1.807) is 0 Å². The summed E-state index contributed by atoms with van der Waals surface area (Å²) in [6.07, 6.45) is 19.8. The van der Waals surface area contributed by atoms with Crippen LogP contribution in [0.25, 0.3) is 10.2 Å². The predicted molar refractivity (Wildman–Crippen MR) is 206 cm³/mol. The molecule has 0 saturated heterocycles. The van der Waals surface area contributed by atoms with E-state index in [0.29, 0.717) is 5.92 Å². The van der Waals surface area contributed by atoms with Crippen molar-refractivity contribution in [2.24, 2.45) is 23.2 Å². The molecule has 0 aliphatic heterocycles. The van der Waals surface area contributed by atoms with Crippen molar-refractivity contribution in [3.63, 3.8) is 0 Å². The molecule has 2 aliphatic rings. The second-order valence-corrected chi connectivity index (χ2v) is 17.5. The zero-order valence-electron chi connectivity index (χ0n) is 30.4. The van der Waals surface area contributed by atoms with Crippen molar-refractivity contribution in [2.75, 3.05) is 5.32 Å². The minimum Gasteiger partial charge on any atom is -0.325 e. The first kappa shape index (κ1) is 37.1. The number of nitrogens with zero attached hydrogens (tertiary/aromatic N) is 1. The van der Waals surface area contributed by atoms with E-state index in [-0.39, 0.29) is 27.8 Å². The first-order valence-corrected chi connectivity index (χ1v) is 20.9. The number of aromatic nitrogens is 1. The monoisotopic (exact) mass is 688 g/mol. The minimum absolute atomic E-state index is 0.0571.